The van der Waals surface area contributed by atoms with Gasteiger partial charge in [-0.1, -0.05) is 5.16 Å². The Morgan fingerprint density at radius 3 is 2.70 bits per heavy atom. The van der Waals surface area contributed by atoms with Crippen LogP contribution in [0.2, 0.25) is 0 Å². The van der Waals surface area contributed by atoms with Gasteiger partial charge in [0.2, 0.25) is 0 Å². The zero-order valence-corrected chi connectivity index (χ0v) is 13.1. The molecule has 0 unspecified atom stereocenters. The minimum absolute atomic E-state index is 0.631. The molecule has 3 aromatic heterocycles. The normalized spacial score (nSPS) is 10.5. The van der Waals surface area contributed by atoms with Crippen LogP contribution in [0.3, 0.4) is 0 Å². The molecule has 0 aliphatic carbocycles. The molecule has 3 rings (SSSR count). The maximum absolute atomic E-state index is 5.03. The van der Waals surface area contributed by atoms with E-state index in [1.165, 1.54) is 11.9 Å². The molecule has 3 aromatic rings. The molecule has 0 fully saturated rings. The highest BCUT2D eigenvalue weighted by molar-refractivity contribution is 5.55. The molecule has 23 heavy (non-hydrogen) atoms. The topological polar surface area (TPSA) is 80.0 Å². The summed E-state index contributed by atoms with van der Waals surface area (Å²) in [4.78, 5) is 14.6. The van der Waals surface area contributed by atoms with Crippen molar-refractivity contribution in [3.8, 4) is 0 Å². The van der Waals surface area contributed by atoms with Crippen LogP contribution in [0.4, 0.5) is 17.5 Å². The number of aryl methyl sites for hydroxylation is 1. The number of pyridine rings is 1. The van der Waals surface area contributed by atoms with Gasteiger partial charge in [-0.3, -0.25) is 4.98 Å². The molecule has 0 saturated heterocycles. The van der Waals surface area contributed by atoms with Crippen LogP contribution in [0, 0.1) is 6.92 Å². The summed E-state index contributed by atoms with van der Waals surface area (Å²) in [6, 6.07) is 7.74. The second-order valence-electron chi connectivity index (χ2n) is 5.24. The second kappa shape index (κ2) is 6.87. The van der Waals surface area contributed by atoms with E-state index in [9.17, 15) is 0 Å². The van der Waals surface area contributed by atoms with Gasteiger partial charge in [-0.05, 0) is 31.0 Å². The van der Waals surface area contributed by atoms with Crippen LogP contribution in [0.5, 0.6) is 0 Å². The highest BCUT2D eigenvalue weighted by atomic mass is 16.5. The SMILES string of the molecule is Cc1cc(Nc2cc(N(C)CCc3ccncc3)ncn2)no1. The molecule has 3 heterocycles. The fraction of sp³-hybridized carbons (Fsp3) is 0.250. The van der Waals surface area contributed by atoms with Crippen LogP contribution in [-0.4, -0.2) is 33.7 Å². The zero-order valence-electron chi connectivity index (χ0n) is 13.1. The molecule has 0 bridgehead atoms. The molecule has 0 saturated carbocycles. The minimum Gasteiger partial charge on any atom is -0.360 e. The van der Waals surface area contributed by atoms with E-state index in [1.807, 2.05) is 50.6 Å². The monoisotopic (exact) mass is 310 g/mol. The lowest BCUT2D eigenvalue weighted by atomic mass is 10.2. The van der Waals surface area contributed by atoms with Gasteiger partial charge in [0, 0.05) is 38.1 Å². The van der Waals surface area contributed by atoms with Gasteiger partial charge in [-0.25, -0.2) is 9.97 Å². The molecule has 0 radical (unpaired) electrons. The van der Waals surface area contributed by atoms with Crippen molar-refractivity contribution in [3.63, 3.8) is 0 Å². The number of aromatic nitrogens is 4. The van der Waals surface area contributed by atoms with Crippen molar-refractivity contribution < 1.29 is 4.52 Å². The third-order valence-electron chi connectivity index (χ3n) is 3.41. The van der Waals surface area contributed by atoms with Crippen molar-refractivity contribution in [3.05, 3.63) is 54.3 Å². The Morgan fingerprint density at radius 1 is 1.13 bits per heavy atom. The summed E-state index contributed by atoms with van der Waals surface area (Å²) in [5.74, 6) is 2.90. The van der Waals surface area contributed by atoms with E-state index < -0.39 is 0 Å². The molecule has 1 N–H and O–H groups in total. The minimum atomic E-state index is 0.631. The summed E-state index contributed by atoms with van der Waals surface area (Å²) in [6.07, 6.45) is 6.08. The predicted octanol–water partition coefficient (Wildman–Crippen LogP) is 2.59. The molecule has 0 aromatic carbocycles. The molecular formula is C16H18N6O. The summed E-state index contributed by atoms with van der Waals surface area (Å²) >= 11 is 0. The maximum Gasteiger partial charge on any atom is 0.175 e. The Balaban J connectivity index is 1.64. The van der Waals surface area contributed by atoms with Gasteiger partial charge in [-0.2, -0.15) is 0 Å². The summed E-state index contributed by atoms with van der Waals surface area (Å²) < 4.78 is 5.03. The number of nitrogens with one attached hydrogen (secondary N) is 1. The van der Waals surface area contributed by atoms with Crippen LogP contribution >= 0.6 is 0 Å². The van der Waals surface area contributed by atoms with Crippen molar-refractivity contribution in [1.82, 2.24) is 20.1 Å². The molecule has 0 spiro atoms. The number of nitrogens with zero attached hydrogens (tertiary/aromatic N) is 5. The summed E-state index contributed by atoms with van der Waals surface area (Å²) in [7, 11) is 2.01. The van der Waals surface area contributed by atoms with E-state index in [4.69, 9.17) is 4.52 Å². The summed E-state index contributed by atoms with van der Waals surface area (Å²) in [6.45, 7) is 2.69. The predicted molar refractivity (Wildman–Crippen MR) is 87.8 cm³/mol. The van der Waals surface area contributed by atoms with E-state index in [0.29, 0.717) is 11.6 Å². The Morgan fingerprint density at radius 2 is 1.96 bits per heavy atom. The van der Waals surface area contributed by atoms with E-state index in [-0.39, 0.29) is 0 Å². The summed E-state index contributed by atoms with van der Waals surface area (Å²) in [5.41, 5.74) is 1.25. The first-order chi connectivity index (χ1) is 11.2. The number of rotatable bonds is 6. The Kier molecular flexibility index (Phi) is 4.46. The van der Waals surface area contributed by atoms with E-state index in [1.54, 1.807) is 0 Å². The fourth-order valence-corrected chi connectivity index (χ4v) is 2.14. The van der Waals surface area contributed by atoms with Crippen molar-refractivity contribution in [2.24, 2.45) is 0 Å². The number of hydrogen-bond acceptors (Lipinski definition) is 7. The maximum atomic E-state index is 5.03. The van der Waals surface area contributed by atoms with E-state index >= 15 is 0 Å². The third-order valence-corrected chi connectivity index (χ3v) is 3.41. The van der Waals surface area contributed by atoms with Gasteiger partial charge in [0.15, 0.2) is 5.82 Å². The molecule has 7 nitrogen and oxygen atoms in total. The molecular weight excluding hydrogens is 292 g/mol. The average Bonchev–Trinajstić information content (AvgIpc) is 2.99. The van der Waals surface area contributed by atoms with Crippen LogP contribution < -0.4 is 10.2 Å². The molecule has 0 atom stereocenters. The molecule has 7 heteroatoms. The van der Waals surface area contributed by atoms with Crippen molar-refractivity contribution in [1.29, 1.82) is 0 Å². The molecule has 0 aliphatic rings. The Hall–Kier alpha value is -2.96. The molecule has 118 valence electrons. The van der Waals surface area contributed by atoms with E-state index in [2.05, 4.69) is 30.3 Å². The fourth-order valence-electron chi connectivity index (χ4n) is 2.14. The standard InChI is InChI=1S/C16H18N6O/c1-12-9-15(21-23-12)20-14-10-16(19-11-18-14)22(2)8-5-13-3-6-17-7-4-13/h3-4,6-7,9-11H,5,8H2,1-2H3,(H,18,19,20,21). The average molecular weight is 310 g/mol. The summed E-state index contributed by atoms with van der Waals surface area (Å²) in [5, 5.41) is 7.00. The Bertz CT molecular complexity index is 758. The largest absolute Gasteiger partial charge is 0.360 e. The van der Waals surface area contributed by atoms with Gasteiger partial charge < -0.3 is 14.7 Å². The second-order valence-corrected chi connectivity index (χ2v) is 5.24. The number of anilines is 3. The lowest BCUT2D eigenvalue weighted by molar-refractivity contribution is 0.400. The van der Waals surface area contributed by atoms with Crippen molar-refractivity contribution >= 4 is 17.5 Å². The first-order valence-electron chi connectivity index (χ1n) is 7.33. The number of likely N-dealkylation sites (N-methyl/N-ethyl adjacent to an activating group) is 1. The third kappa shape index (κ3) is 4.03. The molecule has 0 amide bonds. The first-order valence-corrected chi connectivity index (χ1v) is 7.33. The van der Waals surface area contributed by atoms with Gasteiger partial charge in [0.1, 0.15) is 23.7 Å². The van der Waals surface area contributed by atoms with Crippen LogP contribution in [0.25, 0.3) is 0 Å². The lowest BCUT2D eigenvalue weighted by Crippen LogP contribution is -2.21. The van der Waals surface area contributed by atoms with Crippen LogP contribution in [0.1, 0.15) is 11.3 Å². The van der Waals surface area contributed by atoms with Gasteiger partial charge in [0.05, 0.1) is 0 Å². The van der Waals surface area contributed by atoms with Crippen LogP contribution in [-0.2, 0) is 6.42 Å². The smallest absolute Gasteiger partial charge is 0.175 e. The Labute approximate surface area is 134 Å². The zero-order chi connectivity index (χ0) is 16.1. The van der Waals surface area contributed by atoms with Crippen LogP contribution in [0.15, 0.2) is 47.5 Å². The van der Waals surface area contributed by atoms with E-state index in [0.717, 1.165) is 24.5 Å². The van der Waals surface area contributed by atoms with Gasteiger partial charge in [0.25, 0.3) is 0 Å². The first kappa shape index (κ1) is 15.0. The van der Waals surface area contributed by atoms with Gasteiger partial charge in [-0.15, -0.1) is 0 Å². The van der Waals surface area contributed by atoms with Crippen molar-refractivity contribution in [2.75, 3.05) is 23.8 Å². The highest BCUT2D eigenvalue weighted by Gasteiger charge is 2.07. The lowest BCUT2D eigenvalue weighted by Gasteiger charge is -2.18. The molecule has 0 aliphatic heterocycles. The quantitative estimate of drug-likeness (QED) is 0.749. The highest BCUT2D eigenvalue weighted by Crippen LogP contribution is 2.17. The number of hydrogen-bond donors (Lipinski definition) is 1. The van der Waals surface area contributed by atoms with Gasteiger partial charge >= 0.3 is 0 Å². The van der Waals surface area contributed by atoms with Crippen molar-refractivity contribution in [2.45, 2.75) is 13.3 Å².